The Morgan fingerprint density at radius 2 is 2.20 bits per heavy atom. The quantitative estimate of drug-likeness (QED) is 0.782. The van der Waals surface area contributed by atoms with Crippen LogP contribution in [-0.2, 0) is 12.4 Å². The normalized spacial score (nSPS) is 10.6. The molecule has 2 rings (SSSR count). The molecular formula is C10H11BrN4. The average molecular weight is 267 g/mol. The highest BCUT2D eigenvalue weighted by atomic mass is 79.9. The molecule has 0 amide bonds. The second kappa shape index (κ2) is 4.10. The van der Waals surface area contributed by atoms with Gasteiger partial charge >= 0.3 is 0 Å². The van der Waals surface area contributed by atoms with Crippen molar-refractivity contribution in [3.8, 4) is 11.6 Å². The van der Waals surface area contributed by atoms with E-state index in [4.69, 9.17) is 0 Å². The molecule has 0 aliphatic carbocycles. The monoisotopic (exact) mass is 266 g/mol. The molecule has 0 radical (unpaired) electrons. The molecule has 2 aromatic heterocycles. The van der Waals surface area contributed by atoms with Crippen molar-refractivity contribution >= 4 is 15.9 Å². The minimum atomic E-state index is 0.669. The summed E-state index contributed by atoms with van der Waals surface area (Å²) in [4.78, 5) is 12.9. The molecule has 0 spiro atoms. The van der Waals surface area contributed by atoms with Gasteiger partial charge in [-0.3, -0.25) is 0 Å². The molecule has 0 aromatic carbocycles. The third kappa shape index (κ3) is 1.92. The Labute approximate surface area is 96.5 Å². The van der Waals surface area contributed by atoms with Gasteiger partial charge in [-0.2, -0.15) is 0 Å². The molecule has 0 fully saturated rings. The zero-order chi connectivity index (χ0) is 10.8. The van der Waals surface area contributed by atoms with E-state index >= 15 is 0 Å². The van der Waals surface area contributed by atoms with Crippen LogP contribution < -0.4 is 0 Å². The van der Waals surface area contributed by atoms with Gasteiger partial charge < -0.3 is 4.57 Å². The van der Waals surface area contributed by atoms with Crippen LogP contribution in [0, 0.1) is 6.92 Å². The van der Waals surface area contributed by atoms with Crippen LogP contribution in [0.3, 0.4) is 0 Å². The Morgan fingerprint density at radius 3 is 2.80 bits per heavy atom. The van der Waals surface area contributed by atoms with Crippen LogP contribution in [0.25, 0.3) is 11.6 Å². The third-order valence-electron chi connectivity index (χ3n) is 2.22. The standard InChI is InChI=1S/C10H11BrN4/c1-7-6-13-9(14-8(7)5-11)10-12-3-4-15(10)2/h3-4,6H,5H2,1-2H3. The van der Waals surface area contributed by atoms with E-state index in [1.165, 1.54) is 0 Å². The molecule has 0 bridgehead atoms. The fraction of sp³-hybridized carbons (Fsp3) is 0.300. The molecule has 0 atom stereocenters. The van der Waals surface area contributed by atoms with Crippen molar-refractivity contribution in [1.29, 1.82) is 0 Å². The van der Waals surface area contributed by atoms with Gasteiger partial charge in [0.2, 0.25) is 0 Å². The van der Waals surface area contributed by atoms with Crippen LogP contribution in [-0.4, -0.2) is 19.5 Å². The minimum absolute atomic E-state index is 0.669. The van der Waals surface area contributed by atoms with Crippen LogP contribution in [0.2, 0.25) is 0 Å². The molecule has 0 saturated heterocycles. The zero-order valence-electron chi connectivity index (χ0n) is 8.61. The maximum Gasteiger partial charge on any atom is 0.196 e. The smallest absolute Gasteiger partial charge is 0.196 e. The minimum Gasteiger partial charge on any atom is -0.331 e. The molecule has 0 N–H and O–H groups in total. The van der Waals surface area contributed by atoms with Crippen molar-refractivity contribution in [1.82, 2.24) is 19.5 Å². The largest absolute Gasteiger partial charge is 0.331 e. The summed E-state index contributed by atoms with van der Waals surface area (Å²) in [6.45, 7) is 2.00. The molecule has 78 valence electrons. The van der Waals surface area contributed by atoms with Gasteiger partial charge in [0.1, 0.15) is 0 Å². The average Bonchev–Trinajstić information content (AvgIpc) is 2.65. The van der Waals surface area contributed by atoms with E-state index < -0.39 is 0 Å². The number of hydrogen-bond donors (Lipinski definition) is 0. The van der Waals surface area contributed by atoms with E-state index in [2.05, 4.69) is 30.9 Å². The number of halogens is 1. The molecule has 0 unspecified atom stereocenters. The Balaban J connectivity index is 2.51. The first-order chi connectivity index (χ1) is 7.22. The molecule has 5 heteroatoms. The number of hydrogen-bond acceptors (Lipinski definition) is 3. The molecule has 2 aromatic rings. The summed E-state index contributed by atoms with van der Waals surface area (Å²) < 4.78 is 1.91. The number of aromatic nitrogens is 4. The molecule has 4 nitrogen and oxygen atoms in total. The predicted octanol–water partition coefficient (Wildman–Crippen LogP) is 2.08. The highest BCUT2D eigenvalue weighted by Crippen LogP contribution is 2.15. The lowest BCUT2D eigenvalue weighted by Crippen LogP contribution is -2.00. The van der Waals surface area contributed by atoms with Gasteiger partial charge in [-0.15, -0.1) is 0 Å². The van der Waals surface area contributed by atoms with Crippen molar-refractivity contribution in [3.63, 3.8) is 0 Å². The summed E-state index contributed by atoms with van der Waals surface area (Å²) in [5, 5.41) is 0.735. The van der Waals surface area contributed by atoms with Gasteiger partial charge in [-0.25, -0.2) is 15.0 Å². The van der Waals surface area contributed by atoms with E-state index in [0.717, 1.165) is 22.4 Å². The second-order valence-corrected chi connectivity index (χ2v) is 3.88. The highest BCUT2D eigenvalue weighted by Gasteiger charge is 2.08. The Bertz CT molecular complexity index is 478. The van der Waals surface area contributed by atoms with E-state index in [1.54, 1.807) is 6.20 Å². The summed E-state index contributed by atoms with van der Waals surface area (Å²) in [7, 11) is 1.93. The van der Waals surface area contributed by atoms with Crippen LogP contribution in [0.5, 0.6) is 0 Å². The first-order valence-corrected chi connectivity index (χ1v) is 5.70. The maximum atomic E-state index is 4.45. The van der Waals surface area contributed by atoms with Gasteiger partial charge in [0, 0.05) is 31.0 Å². The molecule has 15 heavy (non-hydrogen) atoms. The Morgan fingerprint density at radius 1 is 1.40 bits per heavy atom. The van der Waals surface area contributed by atoms with E-state index in [1.807, 2.05) is 30.9 Å². The number of nitrogens with zero attached hydrogens (tertiary/aromatic N) is 4. The predicted molar refractivity (Wildman–Crippen MR) is 61.6 cm³/mol. The van der Waals surface area contributed by atoms with Crippen molar-refractivity contribution in [2.24, 2.45) is 7.05 Å². The first kappa shape index (κ1) is 10.3. The summed E-state index contributed by atoms with van der Waals surface area (Å²) in [5.41, 5.74) is 2.09. The molecular weight excluding hydrogens is 256 g/mol. The van der Waals surface area contributed by atoms with Crippen LogP contribution in [0.1, 0.15) is 11.3 Å². The first-order valence-electron chi connectivity index (χ1n) is 4.58. The lowest BCUT2D eigenvalue weighted by atomic mass is 10.3. The van der Waals surface area contributed by atoms with Crippen LogP contribution in [0.15, 0.2) is 18.6 Å². The van der Waals surface area contributed by atoms with Gasteiger partial charge in [-0.1, -0.05) is 15.9 Å². The third-order valence-corrected chi connectivity index (χ3v) is 2.76. The number of alkyl halides is 1. The lowest BCUT2D eigenvalue weighted by Gasteiger charge is -2.04. The number of imidazole rings is 1. The van der Waals surface area contributed by atoms with Crippen molar-refractivity contribution < 1.29 is 0 Å². The van der Waals surface area contributed by atoms with E-state index in [9.17, 15) is 0 Å². The van der Waals surface area contributed by atoms with E-state index in [-0.39, 0.29) is 0 Å². The Kier molecular flexibility index (Phi) is 2.81. The summed E-state index contributed by atoms with van der Waals surface area (Å²) >= 11 is 3.41. The molecule has 0 saturated carbocycles. The SMILES string of the molecule is Cc1cnc(-c2nccn2C)nc1CBr. The van der Waals surface area contributed by atoms with Gasteiger partial charge in [0.05, 0.1) is 5.69 Å². The summed E-state index contributed by atoms with van der Waals surface area (Å²) in [6, 6.07) is 0. The fourth-order valence-corrected chi connectivity index (χ4v) is 1.87. The van der Waals surface area contributed by atoms with Gasteiger partial charge in [0.25, 0.3) is 0 Å². The Hall–Kier alpha value is -1.23. The molecule has 0 aliphatic heterocycles. The summed E-state index contributed by atoms with van der Waals surface area (Å²) in [5.74, 6) is 1.46. The van der Waals surface area contributed by atoms with Crippen molar-refractivity contribution in [2.75, 3.05) is 0 Å². The van der Waals surface area contributed by atoms with Crippen LogP contribution in [0.4, 0.5) is 0 Å². The fourth-order valence-electron chi connectivity index (χ4n) is 1.30. The topological polar surface area (TPSA) is 43.6 Å². The van der Waals surface area contributed by atoms with Gasteiger partial charge in [0.15, 0.2) is 11.6 Å². The van der Waals surface area contributed by atoms with Crippen molar-refractivity contribution in [3.05, 3.63) is 29.8 Å². The van der Waals surface area contributed by atoms with Crippen LogP contribution >= 0.6 is 15.9 Å². The van der Waals surface area contributed by atoms with Gasteiger partial charge in [-0.05, 0) is 12.5 Å². The van der Waals surface area contributed by atoms with E-state index in [0.29, 0.717) is 5.82 Å². The number of rotatable bonds is 2. The zero-order valence-corrected chi connectivity index (χ0v) is 10.2. The second-order valence-electron chi connectivity index (χ2n) is 3.32. The number of aryl methyl sites for hydroxylation is 2. The summed E-state index contributed by atoms with van der Waals surface area (Å²) in [6.07, 6.45) is 5.45. The van der Waals surface area contributed by atoms with Crippen molar-refractivity contribution in [2.45, 2.75) is 12.3 Å². The molecule has 2 heterocycles. The maximum absolute atomic E-state index is 4.45. The lowest BCUT2D eigenvalue weighted by molar-refractivity contribution is 0.899. The highest BCUT2D eigenvalue weighted by molar-refractivity contribution is 9.08. The molecule has 0 aliphatic rings.